The van der Waals surface area contributed by atoms with Crippen molar-refractivity contribution in [3.8, 4) is 0 Å². The van der Waals surface area contributed by atoms with Crippen molar-refractivity contribution in [3.63, 3.8) is 0 Å². The molecular formula is C4H10AsNO. The van der Waals surface area contributed by atoms with Gasteiger partial charge in [-0.05, 0) is 0 Å². The average Bonchev–Trinajstić information content (AvgIpc) is 1.69. The van der Waals surface area contributed by atoms with E-state index in [4.69, 9.17) is 3.73 Å². The Labute approximate surface area is 50.7 Å². The molecule has 0 saturated carbocycles. The molecule has 0 amide bonds. The molecule has 7 heavy (non-hydrogen) atoms. The van der Waals surface area contributed by atoms with E-state index in [0.717, 1.165) is 13.2 Å². The van der Waals surface area contributed by atoms with Crippen molar-refractivity contribution in [1.29, 1.82) is 0 Å². The Morgan fingerprint density at radius 1 is 1.86 bits per heavy atom. The summed E-state index contributed by atoms with van der Waals surface area (Å²) in [7, 11) is 0. The second-order valence-corrected chi connectivity index (χ2v) is 4.56. The standard InChI is InChI=1S/C4H10AsNO/c1-4-5-7-3-2-6-4/h4-6H,2-3H2,1H3. The first kappa shape index (κ1) is 5.61. The Bertz CT molecular complexity index is 53.7. The third kappa shape index (κ3) is 1.81. The third-order valence-corrected chi connectivity index (χ3v) is 2.86. The van der Waals surface area contributed by atoms with Crippen molar-refractivity contribution in [1.82, 2.24) is 5.32 Å². The van der Waals surface area contributed by atoms with Gasteiger partial charge in [-0.25, -0.2) is 0 Å². The molecule has 0 radical (unpaired) electrons. The van der Waals surface area contributed by atoms with Crippen LogP contribution in [0.3, 0.4) is 0 Å². The Morgan fingerprint density at radius 2 is 2.71 bits per heavy atom. The van der Waals surface area contributed by atoms with E-state index in [2.05, 4.69) is 12.2 Å². The van der Waals surface area contributed by atoms with E-state index in [1.165, 1.54) is 0 Å². The van der Waals surface area contributed by atoms with Gasteiger partial charge < -0.3 is 0 Å². The molecule has 42 valence electrons. The summed E-state index contributed by atoms with van der Waals surface area (Å²) in [6, 6.07) is 0. The first-order valence-electron chi connectivity index (χ1n) is 2.50. The van der Waals surface area contributed by atoms with Gasteiger partial charge in [0.2, 0.25) is 0 Å². The first-order chi connectivity index (χ1) is 3.39. The van der Waals surface area contributed by atoms with E-state index in [9.17, 15) is 0 Å². The van der Waals surface area contributed by atoms with Gasteiger partial charge in [0.25, 0.3) is 0 Å². The maximum atomic E-state index is 5.24. The SMILES string of the molecule is CC1NCCO[AsH]1. The van der Waals surface area contributed by atoms with Gasteiger partial charge in [-0.3, -0.25) is 0 Å². The molecule has 0 aromatic carbocycles. The van der Waals surface area contributed by atoms with Crippen LogP contribution in [0, 0.1) is 0 Å². The molecule has 0 aromatic rings. The molecule has 2 unspecified atom stereocenters. The predicted molar refractivity (Wildman–Crippen MR) is 30.6 cm³/mol. The zero-order valence-electron chi connectivity index (χ0n) is 4.40. The fraction of sp³-hybridized carbons (Fsp3) is 1.00. The van der Waals surface area contributed by atoms with Crippen molar-refractivity contribution in [2.75, 3.05) is 13.2 Å². The molecule has 1 heterocycles. The Morgan fingerprint density at radius 3 is 3.00 bits per heavy atom. The number of hydrogen-bond donors (Lipinski definition) is 1. The van der Waals surface area contributed by atoms with Crippen LogP contribution in [0.25, 0.3) is 0 Å². The molecular weight excluding hydrogens is 153 g/mol. The van der Waals surface area contributed by atoms with Crippen LogP contribution in [0.2, 0.25) is 0 Å². The summed E-state index contributed by atoms with van der Waals surface area (Å²) in [6.45, 7) is 4.16. The van der Waals surface area contributed by atoms with E-state index < -0.39 is 0 Å². The first-order valence-corrected chi connectivity index (χ1v) is 4.57. The second kappa shape index (κ2) is 2.70. The fourth-order valence-electron chi connectivity index (χ4n) is 0.552. The van der Waals surface area contributed by atoms with E-state index >= 15 is 0 Å². The quantitative estimate of drug-likeness (QED) is 0.477. The van der Waals surface area contributed by atoms with E-state index in [1.807, 2.05) is 0 Å². The molecule has 1 rings (SSSR count). The van der Waals surface area contributed by atoms with E-state index in [1.54, 1.807) is 0 Å². The maximum absolute atomic E-state index is 5.24. The van der Waals surface area contributed by atoms with Gasteiger partial charge in [-0.15, -0.1) is 0 Å². The molecule has 1 aliphatic rings. The van der Waals surface area contributed by atoms with Crippen molar-refractivity contribution in [3.05, 3.63) is 0 Å². The second-order valence-electron chi connectivity index (χ2n) is 1.64. The van der Waals surface area contributed by atoms with E-state index in [-0.39, 0.29) is 16.1 Å². The number of rotatable bonds is 0. The minimum absolute atomic E-state index is 0.0729. The molecule has 0 aliphatic carbocycles. The molecule has 2 nitrogen and oxygen atoms in total. The zero-order chi connectivity index (χ0) is 5.11. The Kier molecular flexibility index (Phi) is 2.17. The summed E-state index contributed by atoms with van der Waals surface area (Å²) in [6.07, 6.45) is 0. The van der Waals surface area contributed by atoms with Crippen molar-refractivity contribution in [2.45, 2.75) is 11.8 Å². The monoisotopic (exact) mass is 163 g/mol. The summed E-state index contributed by atoms with van der Waals surface area (Å²) in [5.41, 5.74) is 0. The minimum atomic E-state index is -0.0729. The third-order valence-electron chi connectivity index (χ3n) is 0.915. The fourth-order valence-corrected chi connectivity index (χ4v) is 2.02. The molecule has 1 N–H and O–H groups in total. The van der Waals surface area contributed by atoms with Crippen LogP contribution in [-0.4, -0.2) is 34.1 Å². The summed E-state index contributed by atoms with van der Waals surface area (Å²) < 4.78 is 5.24. The van der Waals surface area contributed by atoms with Crippen LogP contribution >= 0.6 is 0 Å². The van der Waals surface area contributed by atoms with Gasteiger partial charge in [0.15, 0.2) is 0 Å². The molecule has 0 spiro atoms. The predicted octanol–water partition coefficient (Wildman–Crippen LogP) is -0.696. The number of hydrogen-bond acceptors (Lipinski definition) is 2. The van der Waals surface area contributed by atoms with Gasteiger partial charge in [0.1, 0.15) is 0 Å². The number of nitrogens with one attached hydrogen (secondary N) is 1. The molecule has 1 saturated heterocycles. The van der Waals surface area contributed by atoms with Gasteiger partial charge in [0.05, 0.1) is 0 Å². The van der Waals surface area contributed by atoms with Gasteiger partial charge in [-0.2, -0.15) is 0 Å². The summed E-state index contributed by atoms with van der Waals surface area (Å²) in [5.74, 6) is 0. The van der Waals surface area contributed by atoms with Crippen molar-refractivity contribution < 1.29 is 3.73 Å². The van der Waals surface area contributed by atoms with Crippen LogP contribution in [-0.2, 0) is 3.73 Å². The molecule has 2 atom stereocenters. The average molecular weight is 163 g/mol. The van der Waals surface area contributed by atoms with Gasteiger partial charge >= 0.3 is 50.0 Å². The van der Waals surface area contributed by atoms with Crippen LogP contribution in [0.15, 0.2) is 0 Å². The normalized spacial score (nSPS) is 36.4. The van der Waals surface area contributed by atoms with E-state index in [0.29, 0.717) is 4.83 Å². The Hall–Kier alpha value is 0.478. The van der Waals surface area contributed by atoms with Crippen molar-refractivity contribution in [2.24, 2.45) is 0 Å². The Balaban J connectivity index is 2.12. The molecule has 0 aromatic heterocycles. The van der Waals surface area contributed by atoms with Crippen LogP contribution in [0.4, 0.5) is 0 Å². The summed E-state index contributed by atoms with van der Waals surface area (Å²) in [5, 5.41) is 3.31. The molecule has 1 fully saturated rings. The van der Waals surface area contributed by atoms with Gasteiger partial charge in [0, 0.05) is 0 Å². The van der Waals surface area contributed by atoms with Crippen molar-refractivity contribution >= 4 is 16.1 Å². The zero-order valence-corrected chi connectivity index (χ0v) is 6.50. The molecule has 1 aliphatic heterocycles. The molecule has 0 bridgehead atoms. The molecule has 3 heteroatoms. The summed E-state index contributed by atoms with van der Waals surface area (Å²) in [4.78, 5) is 0.689. The summed E-state index contributed by atoms with van der Waals surface area (Å²) >= 11 is -0.0729. The van der Waals surface area contributed by atoms with Crippen LogP contribution in [0.1, 0.15) is 6.92 Å². The van der Waals surface area contributed by atoms with Crippen LogP contribution < -0.4 is 5.32 Å². The van der Waals surface area contributed by atoms with Gasteiger partial charge in [-0.1, -0.05) is 0 Å². The topological polar surface area (TPSA) is 21.3 Å². The van der Waals surface area contributed by atoms with Crippen LogP contribution in [0.5, 0.6) is 0 Å².